The normalized spacial score (nSPS) is 11.2. The Morgan fingerprint density at radius 3 is 2.50 bits per heavy atom. The van der Waals surface area contributed by atoms with Gasteiger partial charge in [0, 0.05) is 12.0 Å². The van der Waals surface area contributed by atoms with E-state index in [1.54, 1.807) is 0 Å². The third-order valence-electron chi connectivity index (χ3n) is 1.90. The summed E-state index contributed by atoms with van der Waals surface area (Å²) < 4.78 is 25.4. The van der Waals surface area contributed by atoms with E-state index in [-0.39, 0.29) is 11.1 Å². The van der Waals surface area contributed by atoms with E-state index < -0.39 is 24.1 Å². The van der Waals surface area contributed by atoms with Gasteiger partial charge >= 0.3 is 5.97 Å². The van der Waals surface area contributed by atoms with Crippen LogP contribution >= 0.6 is 0 Å². The van der Waals surface area contributed by atoms with Crippen LogP contribution in [0.25, 0.3) is 0 Å². The molecule has 1 aromatic carbocycles. The third kappa shape index (κ3) is 3.42. The highest BCUT2D eigenvalue weighted by Crippen LogP contribution is 2.19. The summed E-state index contributed by atoms with van der Waals surface area (Å²) in [6.07, 6.45) is -0.520. The molecule has 0 heterocycles. The first-order valence-electron chi connectivity index (χ1n) is 4.54. The van der Waals surface area contributed by atoms with Crippen LogP contribution in [0, 0.1) is 0 Å². The summed E-state index contributed by atoms with van der Waals surface area (Å²) in [7, 11) is 0. The molecule has 0 aliphatic carbocycles. The fraction of sp³-hybridized carbons (Fsp3) is 0.273. The van der Waals surface area contributed by atoms with E-state index >= 15 is 0 Å². The molecule has 0 fully saturated rings. The van der Waals surface area contributed by atoms with E-state index in [0.717, 1.165) is 6.92 Å². The molecule has 86 valence electrons. The zero-order chi connectivity index (χ0) is 12.3. The van der Waals surface area contributed by atoms with Crippen LogP contribution in [-0.2, 0) is 11.2 Å². The van der Waals surface area contributed by atoms with Gasteiger partial charge in [0.05, 0.1) is 0 Å². The Morgan fingerprint density at radius 2 is 2.00 bits per heavy atom. The number of carboxylic acid groups (broad SMARTS) is 1. The van der Waals surface area contributed by atoms with Crippen LogP contribution in [0.2, 0.25) is 0 Å². The topological polar surface area (TPSA) is 54.4 Å². The van der Waals surface area contributed by atoms with Crippen LogP contribution in [0.4, 0.5) is 8.78 Å². The minimum absolute atomic E-state index is 0.0887. The second-order valence-corrected chi connectivity index (χ2v) is 3.58. The zero-order valence-electron chi connectivity index (χ0n) is 8.54. The van der Waals surface area contributed by atoms with Gasteiger partial charge in [-0.1, -0.05) is 18.2 Å². The molecule has 0 amide bonds. The Bertz CT molecular complexity index is 421. The average molecular weight is 228 g/mol. The largest absolute Gasteiger partial charge is 0.475 e. The first kappa shape index (κ1) is 12.3. The van der Waals surface area contributed by atoms with Gasteiger partial charge in [-0.05, 0) is 18.6 Å². The second-order valence-electron chi connectivity index (χ2n) is 3.58. The van der Waals surface area contributed by atoms with Crippen LogP contribution in [0.1, 0.15) is 22.8 Å². The molecule has 0 radical (unpaired) electrons. The molecular formula is C11H10F2O3. The Hall–Kier alpha value is -1.78. The van der Waals surface area contributed by atoms with Crippen molar-refractivity contribution in [2.24, 2.45) is 0 Å². The van der Waals surface area contributed by atoms with Crippen LogP contribution in [-0.4, -0.2) is 22.8 Å². The average Bonchev–Trinajstić information content (AvgIpc) is 2.14. The number of hydrogen-bond donors (Lipinski definition) is 1. The maximum absolute atomic E-state index is 12.7. The molecule has 1 rings (SSSR count). The highest BCUT2D eigenvalue weighted by atomic mass is 19.3. The van der Waals surface area contributed by atoms with Gasteiger partial charge in [-0.2, -0.15) is 0 Å². The van der Waals surface area contributed by atoms with Crippen LogP contribution < -0.4 is 0 Å². The summed E-state index contributed by atoms with van der Waals surface area (Å²) in [5, 5.41) is 8.46. The molecule has 0 aromatic heterocycles. The molecule has 0 aliphatic heterocycles. The summed E-state index contributed by atoms with van der Waals surface area (Å²) in [4.78, 5) is 21.5. The Kier molecular flexibility index (Phi) is 3.37. The molecular weight excluding hydrogens is 218 g/mol. The van der Waals surface area contributed by atoms with Crippen molar-refractivity contribution in [3.63, 3.8) is 0 Å². The summed E-state index contributed by atoms with van der Waals surface area (Å²) in [5.74, 6) is -5.58. The molecule has 1 N–H and O–H groups in total. The van der Waals surface area contributed by atoms with Crippen LogP contribution in [0.5, 0.6) is 0 Å². The molecule has 0 bridgehead atoms. The van der Waals surface area contributed by atoms with Crippen LogP contribution in [0.3, 0.4) is 0 Å². The molecule has 0 spiro atoms. The summed E-state index contributed by atoms with van der Waals surface area (Å²) in [6, 6.07) is 5.27. The van der Waals surface area contributed by atoms with E-state index in [1.807, 2.05) is 0 Å². The molecule has 0 unspecified atom stereocenters. The van der Waals surface area contributed by atoms with Gasteiger partial charge in [-0.25, -0.2) is 13.6 Å². The molecule has 0 aliphatic rings. The number of alkyl halides is 2. The predicted octanol–water partition coefficient (Wildman–Crippen LogP) is 2.15. The number of carbonyl (C=O) groups excluding carboxylic acids is 1. The lowest BCUT2D eigenvalue weighted by molar-refractivity contribution is -0.131. The number of aliphatic carboxylic acids is 1. The Labute approximate surface area is 90.7 Å². The first-order valence-corrected chi connectivity index (χ1v) is 4.54. The fourth-order valence-electron chi connectivity index (χ4n) is 1.30. The number of Topliss-reactive ketones (excluding diaryl/α,β-unsaturated/α-hetero) is 1. The third-order valence-corrected chi connectivity index (χ3v) is 1.90. The number of carboxylic acids is 1. The molecule has 0 saturated heterocycles. The molecule has 3 nitrogen and oxygen atoms in total. The highest BCUT2D eigenvalue weighted by molar-refractivity contribution is 6.39. The molecule has 0 atom stereocenters. The predicted molar refractivity (Wildman–Crippen MR) is 52.7 cm³/mol. The molecule has 0 saturated carbocycles. The zero-order valence-corrected chi connectivity index (χ0v) is 8.54. The van der Waals surface area contributed by atoms with Gasteiger partial charge in [0.2, 0.25) is 5.92 Å². The van der Waals surface area contributed by atoms with Crippen molar-refractivity contribution in [3.05, 3.63) is 35.4 Å². The van der Waals surface area contributed by atoms with Gasteiger partial charge in [0.1, 0.15) is 0 Å². The van der Waals surface area contributed by atoms with Gasteiger partial charge in [0.25, 0.3) is 5.78 Å². The minimum Gasteiger partial charge on any atom is -0.475 e. The van der Waals surface area contributed by atoms with Crippen LogP contribution in [0.15, 0.2) is 24.3 Å². The van der Waals surface area contributed by atoms with E-state index in [1.165, 1.54) is 24.3 Å². The summed E-state index contributed by atoms with van der Waals surface area (Å²) in [5.41, 5.74) is 0.147. The maximum atomic E-state index is 12.7. The molecule has 1 aromatic rings. The lowest BCUT2D eigenvalue weighted by atomic mass is 10.0. The standard InChI is InChI=1S/C11H10F2O3/c1-11(12,13)6-7-3-2-4-8(5-7)9(14)10(15)16/h2-5H,6H2,1H3,(H,15,16). The Morgan fingerprint density at radius 1 is 1.38 bits per heavy atom. The van der Waals surface area contributed by atoms with E-state index in [9.17, 15) is 18.4 Å². The Balaban J connectivity index is 2.96. The molecule has 5 heteroatoms. The summed E-state index contributed by atoms with van der Waals surface area (Å²) in [6.45, 7) is 0.763. The van der Waals surface area contributed by atoms with Crippen molar-refractivity contribution < 1.29 is 23.5 Å². The number of ketones is 1. The van der Waals surface area contributed by atoms with E-state index in [4.69, 9.17) is 5.11 Å². The van der Waals surface area contributed by atoms with Crippen molar-refractivity contribution in [1.82, 2.24) is 0 Å². The van der Waals surface area contributed by atoms with Crippen molar-refractivity contribution in [2.75, 3.05) is 0 Å². The second kappa shape index (κ2) is 4.38. The lowest BCUT2D eigenvalue weighted by Crippen LogP contribution is -2.16. The fourth-order valence-corrected chi connectivity index (χ4v) is 1.30. The number of rotatable bonds is 4. The summed E-state index contributed by atoms with van der Waals surface area (Å²) >= 11 is 0. The number of carbonyl (C=O) groups is 2. The van der Waals surface area contributed by atoms with Crippen molar-refractivity contribution in [1.29, 1.82) is 0 Å². The quantitative estimate of drug-likeness (QED) is 0.634. The first-order chi connectivity index (χ1) is 7.29. The van der Waals surface area contributed by atoms with Gasteiger partial charge in [-0.3, -0.25) is 4.79 Å². The minimum atomic E-state index is -2.88. The van der Waals surface area contributed by atoms with Crippen molar-refractivity contribution in [3.8, 4) is 0 Å². The SMILES string of the molecule is CC(F)(F)Cc1cccc(C(=O)C(=O)O)c1. The lowest BCUT2D eigenvalue weighted by Gasteiger charge is -2.10. The van der Waals surface area contributed by atoms with E-state index in [0.29, 0.717) is 0 Å². The monoisotopic (exact) mass is 228 g/mol. The van der Waals surface area contributed by atoms with Gasteiger partial charge in [0.15, 0.2) is 0 Å². The number of hydrogen-bond acceptors (Lipinski definition) is 2. The smallest absolute Gasteiger partial charge is 0.377 e. The van der Waals surface area contributed by atoms with Crippen molar-refractivity contribution in [2.45, 2.75) is 19.3 Å². The maximum Gasteiger partial charge on any atom is 0.377 e. The molecule has 16 heavy (non-hydrogen) atoms. The number of halogens is 2. The number of benzene rings is 1. The van der Waals surface area contributed by atoms with Gasteiger partial charge < -0.3 is 5.11 Å². The highest BCUT2D eigenvalue weighted by Gasteiger charge is 2.22. The van der Waals surface area contributed by atoms with E-state index in [2.05, 4.69) is 0 Å². The van der Waals surface area contributed by atoms with Crippen molar-refractivity contribution >= 4 is 11.8 Å². The van der Waals surface area contributed by atoms with Gasteiger partial charge in [-0.15, -0.1) is 0 Å².